The molecule has 0 bridgehead atoms. The van der Waals surface area contributed by atoms with Crippen LogP contribution >= 0.6 is 0 Å². The van der Waals surface area contributed by atoms with Crippen LogP contribution in [0.1, 0.15) is 23.2 Å². The lowest BCUT2D eigenvalue weighted by Crippen LogP contribution is -2.26. The van der Waals surface area contributed by atoms with Crippen LogP contribution in [0.5, 0.6) is 5.88 Å². The van der Waals surface area contributed by atoms with Gasteiger partial charge in [-0.1, -0.05) is 0 Å². The van der Waals surface area contributed by atoms with Gasteiger partial charge in [-0.3, -0.25) is 0 Å². The van der Waals surface area contributed by atoms with E-state index in [2.05, 4.69) is 9.72 Å². The molecule has 1 aliphatic heterocycles. The van der Waals surface area contributed by atoms with E-state index in [1.807, 2.05) is 0 Å². The molecule has 0 atom stereocenters. The zero-order valence-corrected chi connectivity index (χ0v) is 9.72. The Morgan fingerprint density at radius 3 is 2.94 bits per heavy atom. The lowest BCUT2D eigenvalue weighted by Gasteiger charge is -2.22. The van der Waals surface area contributed by atoms with Crippen molar-refractivity contribution >= 4 is 5.97 Å². The van der Waals surface area contributed by atoms with Gasteiger partial charge in [-0.15, -0.1) is 0 Å². The van der Waals surface area contributed by atoms with Crippen LogP contribution in [0.25, 0.3) is 0 Å². The number of carbonyl (C=O) groups is 1. The molecule has 17 heavy (non-hydrogen) atoms. The predicted octanol–water partition coefficient (Wildman–Crippen LogP) is 1.43. The van der Waals surface area contributed by atoms with Gasteiger partial charge in [0.25, 0.3) is 0 Å². The van der Waals surface area contributed by atoms with Crippen molar-refractivity contribution in [3.05, 3.63) is 23.9 Å². The maximum atomic E-state index is 11.3. The Labute approximate surface area is 99.7 Å². The number of nitrogens with zero attached hydrogens (tertiary/aromatic N) is 1. The number of esters is 1. The fraction of sp³-hybridized carbons (Fsp3) is 0.500. The Morgan fingerprint density at radius 1 is 1.47 bits per heavy atom. The van der Waals surface area contributed by atoms with Gasteiger partial charge in [-0.2, -0.15) is 0 Å². The van der Waals surface area contributed by atoms with E-state index in [4.69, 9.17) is 9.47 Å². The fourth-order valence-corrected chi connectivity index (χ4v) is 1.68. The van der Waals surface area contributed by atoms with E-state index in [1.54, 1.807) is 18.3 Å². The van der Waals surface area contributed by atoms with Crippen LogP contribution < -0.4 is 4.74 Å². The van der Waals surface area contributed by atoms with Gasteiger partial charge in [0.2, 0.25) is 5.88 Å². The molecule has 0 amide bonds. The molecule has 0 unspecified atom stereocenters. The first-order valence-electron chi connectivity index (χ1n) is 5.58. The molecule has 1 aromatic rings. The van der Waals surface area contributed by atoms with Crippen LogP contribution in [0.4, 0.5) is 0 Å². The Kier molecular flexibility index (Phi) is 3.93. The molecule has 0 spiro atoms. The highest BCUT2D eigenvalue weighted by molar-refractivity contribution is 5.89. The van der Waals surface area contributed by atoms with E-state index in [9.17, 15) is 4.79 Å². The SMILES string of the molecule is COC(=O)c1ccnc(OC2CCOCC2)c1. The first-order chi connectivity index (χ1) is 8.29. The van der Waals surface area contributed by atoms with Crippen molar-refractivity contribution in [1.82, 2.24) is 4.98 Å². The number of carbonyl (C=O) groups excluding carboxylic acids is 1. The van der Waals surface area contributed by atoms with E-state index in [0.717, 1.165) is 12.8 Å². The lowest BCUT2D eigenvalue weighted by molar-refractivity contribution is 0.0236. The maximum absolute atomic E-state index is 11.3. The van der Waals surface area contributed by atoms with Gasteiger partial charge in [-0.25, -0.2) is 9.78 Å². The third kappa shape index (κ3) is 3.17. The van der Waals surface area contributed by atoms with Gasteiger partial charge in [0.1, 0.15) is 6.10 Å². The second-order valence-electron chi connectivity index (χ2n) is 3.80. The summed E-state index contributed by atoms with van der Waals surface area (Å²) in [6.07, 6.45) is 3.36. The minimum atomic E-state index is -0.385. The van der Waals surface area contributed by atoms with Crippen LogP contribution in [0.3, 0.4) is 0 Å². The van der Waals surface area contributed by atoms with Crippen molar-refractivity contribution in [3.8, 4) is 5.88 Å². The van der Waals surface area contributed by atoms with E-state index in [1.165, 1.54) is 7.11 Å². The smallest absolute Gasteiger partial charge is 0.338 e. The minimum absolute atomic E-state index is 0.115. The number of pyridine rings is 1. The summed E-state index contributed by atoms with van der Waals surface area (Å²) in [6, 6.07) is 3.20. The van der Waals surface area contributed by atoms with Crippen LogP contribution in [0.2, 0.25) is 0 Å². The van der Waals surface area contributed by atoms with Gasteiger partial charge in [-0.05, 0) is 6.07 Å². The normalized spacial score (nSPS) is 16.5. The zero-order valence-electron chi connectivity index (χ0n) is 9.72. The van der Waals surface area contributed by atoms with Crippen molar-refractivity contribution < 1.29 is 19.0 Å². The van der Waals surface area contributed by atoms with E-state index >= 15 is 0 Å². The number of hydrogen-bond donors (Lipinski definition) is 0. The van der Waals surface area contributed by atoms with Gasteiger partial charge in [0.15, 0.2) is 0 Å². The van der Waals surface area contributed by atoms with Crippen molar-refractivity contribution in [1.29, 1.82) is 0 Å². The molecule has 0 radical (unpaired) electrons. The monoisotopic (exact) mass is 237 g/mol. The molecule has 5 nitrogen and oxygen atoms in total. The molecule has 1 fully saturated rings. The lowest BCUT2D eigenvalue weighted by atomic mass is 10.1. The van der Waals surface area contributed by atoms with Crippen LogP contribution in [-0.4, -0.2) is 37.4 Å². The largest absolute Gasteiger partial charge is 0.474 e. The van der Waals surface area contributed by atoms with Gasteiger partial charge in [0.05, 0.1) is 25.9 Å². The van der Waals surface area contributed by atoms with Gasteiger partial charge >= 0.3 is 5.97 Å². The highest BCUT2D eigenvalue weighted by Gasteiger charge is 2.16. The first kappa shape index (κ1) is 11.9. The Morgan fingerprint density at radius 2 is 2.24 bits per heavy atom. The molecule has 5 heteroatoms. The van der Waals surface area contributed by atoms with Crippen LogP contribution in [0, 0.1) is 0 Å². The molecule has 0 N–H and O–H groups in total. The Hall–Kier alpha value is -1.62. The van der Waals surface area contributed by atoms with E-state index in [0.29, 0.717) is 24.7 Å². The molecule has 2 rings (SSSR count). The summed E-state index contributed by atoms with van der Waals surface area (Å²) in [5, 5.41) is 0. The second-order valence-corrected chi connectivity index (χ2v) is 3.80. The van der Waals surface area contributed by atoms with Crippen molar-refractivity contribution in [2.75, 3.05) is 20.3 Å². The molecule has 0 aliphatic carbocycles. The standard InChI is InChI=1S/C12H15NO4/c1-15-12(14)9-2-5-13-11(8-9)17-10-3-6-16-7-4-10/h2,5,8,10H,3-4,6-7H2,1H3. The van der Waals surface area contributed by atoms with Crippen molar-refractivity contribution in [2.45, 2.75) is 18.9 Å². The molecule has 2 heterocycles. The average molecular weight is 237 g/mol. The zero-order chi connectivity index (χ0) is 12.1. The van der Waals surface area contributed by atoms with Crippen molar-refractivity contribution in [3.63, 3.8) is 0 Å². The molecular formula is C12H15NO4. The Balaban J connectivity index is 2.02. The van der Waals surface area contributed by atoms with E-state index in [-0.39, 0.29) is 12.1 Å². The average Bonchev–Trinajstić information content (AvgIpc) is 2.39. The van der Waals surface area contributed by atoms with Crippen molar-refractivity contribution in [2.24, 2.45) is 0 Å². The maximum Gasteiger partial charge on any atom is 0.338 e. The second kappa shape index (κ2) is 5.63. The van der Waals surface area contributed by atoms with Gasteiger partial charge < -0.3 is 14.2 Å². The third-order valence-corrected chi connectivity index (χ3v) is 2.61. The molecule has 1 saturated heterocycles. The van der Waals surface area contributed by atoms with Gasteiger partial charge in [0, 0.05) is 25.1 Å². The summed E-state index contributed by atoms with van der Waals surface area (Å²) in [6.45, 7) is 1.42. The third-order valence-electron chi connectivity index (χ3n) is 2.61. The number of rotatable bonds is 3. The molecule has 92 valence electrons. The first-order valence-corrected chi connectivity index (χ1v) is 5.58. The summed E-state index contributed by atoms with van der Waals surface area (Å²) < 4.78 is 15.6. The predicted molar refractivity (Wildman–Crippen MR) is 60.0 cm³/mol. The molecule has 0 aromatic carbocycles. The number of methoxy groups -OCH3 is 1. The molecule has 0 saturated carbocycles. The molecular weight excluding hydrogens is 222 g/mol. The van der Waals surface area contributed by atoms with Crippen LogP contribution in [-0.2, 0) is 9.47 Å². The topological polar surface area (TPSA) is 57.7 Å². The molecule has 1 aromatic heterocycles. The Bertz CT molecular complexity index is 388. The van der Waals surface area contributed by atoms with Crippen LogP contribution in [0.15, 0.2) is 18.3 Å². The summed E-state index contributed by atoms with van der Waals surface area (Å²) in [7, 11) is 1.35. The number of aromatic nitrogens is 1. The highest BCUT2D eigenvalue weighted by atomic mass is 16.5. The highest BCUT2D eigenvalue weighted by Crippen LogP contribution is 2.17. The summed E-state index contributed by atoms with van der Waals surface area (Å²) in [5.74, 6) is 0.0732. The number of hydrogen-bond acceptors (Lipinski definition) is 5. The molecule has 1 aliphatic rings. The summed E-state index contributed by atoms with van der Waals surface area (Å²) in [4.78, 5) is 15.4. The quantitative estimate of drug-likeness (QED) is 0.744. The van der Waals surface area contributed by atoms with E-state index < -0.39 is 0 Å². The minimum Gasteiger partial charge on any atom is -0.474 e. The fourth-order valence-electron chi connectivity index (χ4n) is 1.68. The summed E-state index contributed by atoms with van der Waals surface area (Å²) >= 11 is 0. The summed E-state index contributed by atoms with van der Waals surface area (Å²) in [5.41, 5.74) is 0.449. The number of ether oxygens (including phenoxy) is 3.